The second kappa shape index (κ2) is 7.62. The summed E-state index contributed by atoms with van der Waals surface area (Å²) >= 11 is 5.92. The van der Waals surface area contributed by atoms with Crippen LogP contribution in [-0.2, 0) is 16.1 Å². The summed E-state index contributed by atoms with van der Waals surface area (Å²) in [6.45, 7) is 1.76. The van der Waals surface area contributed by atoms with Gasteiger partial charge in [0, 0.05) is 19.7 Å². The highest BCUT2D eigenvalue weighted by molar-refractivity contribution is 6.29. The van der Waals surface area contributed by atoms with E-state index in [-0.39, 0.29) is 0 Å². The van der Waals surface area contributed by atoms with Gasteiger partial charge in [0.2, 0.25) is 0 Å². The maximum Gasteiger partial charge on any atom is 0.158 e. The van der Waals surface area contributed by atoms with E-state index in [4.69, 9.17) is 21.1 Å². The van der Waals surface area contributed by atoms with Crippen molar-refractivity contribution in [1.82, 2.24) is 9.97 Å². The van der Waals surface area contributed by atoms with Crippen LogP contribution in [0.15, 0.2) is 6.07 Å². The van der Waals surface area contributed by atoms with Crippen LogP contribution < -0.4 is 5.32 Å². The number of aromatic nitrogens is 2. The number of anilines is 1. The molecule has 106 valence electrons. The van der Waals surface area contributed by atoms with Gasteiger partial charge in [-0.15, -0.1) is 0 Å². The van der Waals surface area contributed by atoms with Gasteiger partial charge in [-0.25, -0.2) is 9.97 Å². The first kappa shape index (κ1) is 14.5. The number of hydrogen-bond donors (Lipinski definition) is 1. The quantitative estimate of drug-likeness (QED) is 0.616. The summed E-state index contributed by atoms with van der Waals surface area (Å²) in [5.41, 5.74) is 0. The van der Waals surface area contributed by atoms with E-state index in [0.29, 0.717) is 36.1 Å². The van der Waals surface area contributed by atoms with E-state index in [1.165, 1.54) is 25.7 Å². The van der Waals surface area contributed by atoms with Crippen LogP contribution in [0, 0.1) is 0 Å². The SMILES string of the molecule is COCc1nc(Cl)cc(NCCOC2CCCC2)n1. The maximum absolute atomic E-state index is 5.92. The van der Waals surface area contributed by atoms with Crippen molar-refractivity contribution in [3.63, 3.8) is 0 Å². The monoisotopic (exact) mass is 285 g/mol. The standard InChI is InChI=1S/C13H20ClN3O2/c1-18-9-13-16-11(14)8-12(17-13)15-6-7-19-10-4-2-3-5-10/h8,10H,2-7,9H2,1H3,(H,15,16,17). The predicted octanol–water partition coefficient (Wildman–Crippen LogP) is 2.65. The van der Waals surface area contributed by atoms with Gasteiger partial charge < -0.3 is 14.8 Å². The van der Waals surface area contributed by atoms with E-state index in [0.717, 1.165) is 6.54 Å². The third kappa shape index (κ3) is 4.93. The Kier molecular flexibility index (Phi) is 5.82. The third-order valence-electron chi connectivity index (χ3n) is 3.08. The summed E-state index contributed by atoms with van der Waals surface area (Å²) in [4.78, 5) is 8.38. The van der Waals surface area contributed by atoms with Crippen molar-refractivity contribution in [1.29, 1.82) is 0 Å². The fraction of sp³-hybridized carbons (Fsp3) is 0.692. The molecule has 19 heavy (non-hydrogen) atoms. The lowest BCUT2D eigenvalue weighted by Gasteiger charge is -2.12. The van der Waals surface area contributed by atoms with E-state index in [1.807, 2.05) is 0 Å². The molecule has 1 heterocycles. The van der Waals surface area contributed by atoms with E-state index < -0.39 is 0 Å². The van der Waals surface area contributed by atoms with Gasteiger partial charge in [0.1, 0.15) is 17.6 Å². The zero-order valence-electron chi connectivity index (χ0n) is 11.2. The molecule has 0 unspecified atom stereocenters. The Labute approximate surface area is 118 Å². The molecule has 1 aliphatic rings. The maximum atomic E-state index is 5.92. The van der Waals surface area contributed by atoms with E-state index >= 15 is 0 Å². The van der Waals surface area contributed by atoms with Gasteiger partial charge in [-0.1, -0.05) is 24.4 Å². The Balaban J connectivity index is 1.75. The predicted molar refractivity (Wildman–Crippen MR) is 74.5 cm³/mol. The number of hydrogen-bond acceptors (Lipinski definition) is 5. The Morgan fingerprint density at radius 2 is 2.16 bits per heavy atom. The molecule has 2 rings (SSSR count). The molecule has 0 amide bonds. The highest BCUT2D eigenvalue weighted by Crippen LogP contribution is 2.20. The largest absolute Gasteiger partial charge is 0.377 e. The van der Waals surface area contributed by atoms with Gasteiger partial charge in [0.05, 0.1) is 12.7 Å². The van der Waals surface area contributed by atoms with E-state index in [2.05, 4.69) is 15.3 Å². The first-order valence-electron chi connectivity index (χ1n) is 6.66. The number of ether oxygens (including phenoxy) is 2. The summed E-state index contributed by atoms with van der Waals surface area (Å²) in [6, 6.07) is 1.70. The van der Waals surface area contributed by atoms with Gasteiger partial charge in [0.15, 0.2) is 5.82 Å². The fourth-order valence-electron chi connectivity index (χ4n) is 2.21. The summed E-state index contributed by atoms with van der Waals surface area (Å²) in [6.07, 6.45) is 5.41. The first-order valence-corrected chi connectivity index (χ1v) is 7.03. The number of nitrogens with zero attached hydrogens (tertiary/aromatic N) is 2. The zero-order chi connectivity index (χ0) is 13.5. The molecule has 1 aromatic heterocycles. The van der Waals surface area contributed by atoms with Crippen LogP contribution in [0.3, 0.4) is 0 Å². The molecule has 1 N–H and O–H groups in total. The molecule has 0 aromatic carbocycles. The number of nitrogens with one attached hydrogen (secondary N) is 1. The van der Waals surface area contributed by atoms with Crippen molar-refractivity contribution >= 4 is 17.4 Å². The number of halogens is 1. The normalized spacial score (nSPS) is 15.9. The second-order valence-corrected chi connectivity index (χ2v) is 5.02. The molecule has 1 fully saturated rings. The summed E-state index contributed by atoms with van der Waals surface area (Å²) in [5, 5.41) is 3.61. The Hall–Kier alpha value is -0.910. The summed E-state index contributed by atoms with van der Waals surface area (Å²) in [5.74, 6) is 1.29. The lowest BCUT2D eigenvalue weighted by atomic mass is 10.3. The van der Waals surface area contributed by atoms with E-state index in [1.54, 1.807) is 13.2 Å². The van der Waals surface area contributed by atoms with Crippen molar-refractivity contribution in [3.8, 4) is 0 Å². The van der Waals surface area contributed by atoms with Gasteiger partial charge in [-0.3, -0.25) is 0 Å². The van der Waals surface area contributed by atoms with Gasteiger partial charge >= 0.3 is 0 Å². The lowest BCUT2D eigenvalue weighted by Crippen LogP contribution is -2.16. The second-order valence-electron chi connectivity index (χ2n) is 4.63. The molecule has 1 aromatic rings. The number of rotatable bonds is 7. The molecule has 0 atom stereocenters. The molecule has 0 saturated heterocycles. The molecular formula is C13H20ClN3O2. The molecular weight excluding hydrogens is 266 g/mol. The van der Waals surface area contributed by atoms with Crippen LogP contribution in [-0.4, -0.2) is 36.3 Å². The molecule has 5 nitrogen and oxygen atoms in total. The first-order chi connectivity index (χ1) is 9.28. The number of methoxy groups -OCH3 is 1. The minimum atomic E-state index is 0.355. The smallest absolute Gasteiger partial charge is 0.158 e. The molecule has 1 aliphatic carbocycles. The Morgan fingerprint density at radius 3 is 2.89 bits per heavy atom. The lowest BCUT2D eigenvalue weighted by molar-refractivity contribution is 0.0658. The van der Waals surface area contributed by atoms with Crippen LogP contribution in [0.4, 0.5) is 5.82 Å². The van der Waals surface area contributed by atoms with Crippen molar-refractivity contribution < 1.29 is 9.47 Å². The van der Waals surface area contributed by atoms with Crippen molar-refractivity contribution in [2.75, 3.05) is 25.6 Å². The zero-order valence-corrected chi connectivity index (χ0v) is 11.9. The highest BCUT2D eigenvalue weighted by Gasteiger charge is 2.14. The average Bonchev–Trinajstić information content (AvgIpc) is 2.87. The van der Waals surface area contributed by atoms with Crippen LogP contribution in [0.1, 0.15) is 31.5 Å². The molecule has 0 aliphatic heterocycles. The molecule has 0 radical (unpaired) electrons. The van der Waals surface area contributed by atoms with Gasteiger partial charge in [-0.05, 0) is 12.8 Å². The summed E-state index contributed by atoms with van der Waals surface area (Å²) < 4.78 is 10.8. The average molecular weight is 286 g/mol. The third-order valence-corrected chi connectivity index (χ3v) is 3.27. The van der Waals surface area contributed by atoms with Crippen molar-refractivity contribution in [2.24, 2.45) is 0 Å². The van der Waals surface area contributed by atoms with Crippen molar-refractivity contribution in [2.45, 2.75) is 38.4 Å². The topological polar surface area (TPSA) is 56.3 Å². The highest BCUT2D eigenvalue weighted by atomic mass is 35.5. The Bertz CT molecular complexity index is 397. The van der Waals surface area contributed by atoms with E-state index in [9.17, 15) is 0 Å². The molecule has 0 spiro atoms. The molecule has 6 heteroatoms. The van der Waals surface area contributed by atoms with Crippen LogP contribution in [0.2, 0.25) is 5.15 Å². The van der Waals surface area contributed by atoms with Crippen molar-refractivity contribution in [3.05, 3.63) is 17.0 Å². The molecule has 1 saturated carbocycles. The van der Waals surface area contributed by atoms with Gasteiger partial charge in [-0.2, -0.15) is 0 Å². The molecule has 0 bridgehead atoms. The fourth-order valence-corrected chi connectivity index (χ4v) is 2.41. The minimum absolute atomic E-state index is 0.355. The van der Waals surface area contributed by atoms with Crippen LogP contribution >= 0.6 is 11.6 Å². The van der Waals surface area contributed by atoms with Crippen LogP contribution in [0.25, 0.3) is 0 Å². The minimum Gasteiger partial charge on any atom is -0.377 e. The van der Waals surface area contributed by atoms with Crippen LogP contribution in [0.5, 0.6) is 0 Å². The van der Waals surface area contributed by atoms with Gasteiger partial charge in [0.25, 0.3) is 0 Å². The summed E-state index contributed by atoms with van der Waals surface area (Å²) in [7, 11) is 1.60. The Morgan fingerprint density at radius 1 is 1.37 bits per heavy atom.